The minimum absolute atomic E-state index is 0.112. The fourth-order valence-corrected chi connectivity index (χ4v) is 2.45. The van der Waals surface area contributed by atoms with Gasteiger partial charge in [0.1, 0.15) is 5.69 Å². The molecular formula is C15H9F3N4OS. The fraction of sp³-hybridized carbons (Fsp3) is 0.0667. The molecule has 3 rings (SSSR count). The number of pyridine rings is 1. The van der Waals surface area contributed by atoms with Crippen LogP contribution in [0.3, 0.4) is 0 Å². The third-order valence-electron chi connectivity index (χ3n) is 2.99. The van der Waals surface area contributed by atoms with Crippen LogP contribution in [0.1, 0.15) is 15.9 Å². The highest BCUT2D eigenvalue weighted by atomic mass is 32.1. The SMILES string of the molecule is O=C(Nc1nc(-c2ccccn2)ns1)c1cccc(C(F)(F)F)c1. The van der Waals surface area contributed by atoms with Gasteiger partial charge in [0.25, 0.3) is 5.91 Å². The number of aromatic nitrogens is 3. The van der Waals surface area contributed by atoms with E-state index in [9.17, 15) is 18.0 Å². The molecule has 1 aromatic carbocycles. The molecule has 9 heteroatoms. The molecule has 0 aliphatic heterocycles. The summed E-state index contributed by atoms with van der Waals surface area (Å²) in [6.45, 7) is 0. The lowest BCUT2D eigenvalue weighted by molar-refractivity contribution is -0.137. The first-order valence-corrected chi connectivity index (χ1v) is 7.44. The summed E-state index contributed by atoms with van der Waals surface area (Å²) < 4.78 is 42.1. The van der Waals surface area contributed by atoms with Gasteiger partial charge in [0.15, 0.2) is 5.82 Å². The molecule has 3 aromatic rings. The van der Waals surface area contributed by atoms with Gasteiger partial charge < -0.3 is 0 Å². The van der Waals surface area contributed by atoms with Crippen molar-refractivity contribution >= 4 is 22.6 Å². The highest BCUT2D eigenvalue weighted by molar-refractivity contribution is 7.10. The van der Waals surface area contributed by atoms with Crippen molar-refractivity contribution in [2.75, 3.05) is 5.32 Å². The summed E-state index contributed by atoms with van der Waals surface area (Å²) in [5, 5.41) is 2.62. The van der Waals surface area contributed by atoms with Crippen molar-refractivity contribution in [3.05, 3.63) is 59.8 Å². The van der Waals surface area contributed by atoms with Crippen LogP contribution >= 0.6 is 11.5 Å². The van der Waals surface area contributed by atoms with Gasteiger partial charge in [-0.3, -0.25) is 15.1 Å². The van der Waals surface area contributed by atoms with Gasteiger partial charge in [-0.15, -0.1) is 0 Å². The molecule has 0 radical (unpaired) electrons. The fourth-order valence-electron chi connectivity index (χ4n) is 1.88. The zero-order valence-corrected chi connectivity index (χ0v) is 12.7. The molecule has 0 bridgehead atoms. The number of nitrogens with one attached hydrogen (secondary N) is 1. The Kier molecular flexibility index (Phi) is 4.26. The van der Waals surface area contributed by atoms with Crippen LogP contribution in [0.15, 0.2) is 48.7 Å². The molecule has 0 saturated carbocycles. The Bertz CT molecular complexity index is 864. The lowest BCUT2D eigenvalue weighted by Crippen LogP contribution is -2.13. The molecule has 0 saturated heterocycles. The molecule has 0 atom stereocenters. The van der Waals surface area contributed by atoms with E-state index in [1.807, 2.05) is 0 Å². The zero-order valence-electron chi connectivity index (χ0n) is 11.9. The van der Waals surface area contributed by atoms with E-state index in [-0.39, 0.29) is 10.7 Å². The van der Waals surface area contributed by atoms with E-state index >= 15 is 0 Å². The second-order valence-electron chi connectivity index (χ2n) is 4.67. The molecule has 2 heterocycles. The predicted octanol–water partition coefficient (Wildman–Crippen LogP) is 3.87. The Balaban J connectivity index is 1.77. The van der Waals surface area contributed by atoms with Crippen molar-refractivity contribution < 1.29 is 18.0 Å². The number of halogens is 3. The van der Waals surface area contributed by atoms with E-state index in [4.69, 9.17) is 0 Å². The second kappa shape index (κ2) is 6.36. The van der Waals surface area contributed by atoms with Gasteiger partial charge in [0.2, 0.25) is 5.13 Å². The van der Waals surface area contributed by atoms with Gasteiger partial charge in [-0.2, -0.15) is 22.5 Å². The van der Waals surface area contributed by atoms with Gasteiger partial charge in [-0.1, -0.05) is 12.1 Å². The van der Waals surface area contributed by atoms with Crippen molar-refractivity contribution in [1.82, 2.24) is 14.3 Å². The molecule has 24 heavy (non-hydrogen) atoms. The van der Waals surface area contributed by atoms with E-state index in [1.165, 1.54) is 12.1 Å². The lowest BCUT2D eigenvalue weighted by Gasteiger charge is -2.08. The molecule has 2 aromatic heterocycles. The molecule has 0 fully saturated rings. The largest absolute Gasteiger partial charge is 0.416 e. The quantitative estimate of drug-likeness (QED) is 0.779. The number of hydrogen-bond donors (Lipinski definition) is 1. The first-order valence-electron chi connectivity index (χ1n) is 6.67. The minimum atomic E-state index is -4.51. The van der Waals surface area contributed by atoms with Gasteiger partial charge in [0, 0.05) is 23.3 Å². The third-order valence-corrected chi connectivity index (χ3v) is 3.62. The number of carbonyl (C=O) groups is 1. The van der Waals surface area contributed by atoms with Gasteiger partial charge >= 0.3 is 6.18 Å². The first-order chi connectivity index (χ1) is 11.4. The summed E-state index contributed by atoms with van der Waals surface area (Å²) in [7, 11) is 0. The molecule has 122 valence electrons. The summed E-state index contributed by atoms with van der Waals surface area (Å²) in [5.41, 5.74) is -0.464. The van der Waals surface area contributed by atoms with Gasteiger partial charge in [-0.25, -0.2) is 0 Å². The number of nitrogens with zero attached hydrogens (tertiary/aromatic N) is 3. The molecule has 0 aliphatic rings. The number of amides is 1. The smallest absolute Gasteiger partial charge is 0.297 e. The first kappa shape index (κ1) is 16.1. The molecule has 0 spiro atoms. The van der Waals surface area contributed by atoms with E-state index in [0.717, 1.165) is 23.7 Å². The number of benzene rings is 1. The molecule has 0 aliphatic carbocycles. The maximum atomic E-state index is 12.7. The minimum Gasteiger partial charge on any atom is -0.297 e. The average molecular weight is 350 g/mol. The van der Waals surface area contributed by atoms with Crippen molar-refractivity contribution in [2.45, 2.75) is 6.18 Å². The van der Waals surface area contributed by atoms with Crippen LogP contribution < -0.4 is 5.32 Å². The van der Waals surface area contributed by atoms with Crippen molar-refractivity contribution in [2.24, 2.45) is 0 Å². The predicted molar refractivity (Wildman–Crippen MR) is 82.5 cm³/mol. The number of rotatable bonds is 3. The molecule has 1 N–H and O–H groups in total. The van der Waals surface area contributed by atoms with Crippen LogP contribution in [0.25, 0.3) is 11.5 Å². The highest BCUT2D eigenvalue weighted by Crippen LogP contribution is 2.29. The molecule has 1 amide bonds. The van der Waals surface area contributed by atoms with Gasteiger partial charge in [-0.05, 0) is 30.3 Å². The lowest BCUT2D eigenvalue weighted by atomic mass is 10.1. The van der Waals surface area contributed by atoms with Crippen molar-refractivity contribution in [3.8, 4) is 11.5 Å². The van der Waals surface area contributed by atoms with Crippen LogP contribution in [0, 0.1) is 0 Å². The van der Waals surface area contributed by atoms with Crippen LogP contribution in [0.4, 0.5) is 18.3 Å². The topological polar surface area (TPSA) is 67.8 Å². The zero-order chi connectivity index (χ0) is 17.2. The Morgan fingerprint density at radius 1 is 1.12 bits per heavy atom. The third kappa shape index (κ3) is 3.57. The summed E-state index contributed by atoms with van der Waals surface area (Å²) >= 11 is 0.922. The van der Waals surface area contributed by atoms with E-state index in [2.05, 4.69) is 19.7 Å². The van der Waals surface area contributed by atoms with Gasteiger partial charge in [0.05, 0.1) is 5.56 Å². The highest BCUT2D eigenvalue weighted by Gasteiger charge is 2.30. The normalized spacial score (nSPS) is 11.3. The van der Waals surface area contributed by atoms with Crippen molar-refractivity contribution in [1.29, 1.82) is 0 Å². The second-order valence-corrected chi connectivity index (χ2v) is 5.42. The number of alkyl halides is 3. The molecule has 5 nitrogen and oxygen atoms in total. The number of carbonyl (C=O) groups excluding carboxylic acids is 1. The van der Waals surface area contributed by atoms with Crippen LogP contribution in [0.5, 0.6) is 0 Å². The summed E-state index contributed by atoms with van der Waals surface area (Å²) in [6, 6.07) is 9.39. The summed E-state index contributed by atoms with van der Waals surface area (Å²) in [5.74, 6) is -0.357. The number of hydrogen-bond acceptors (Lipinski definition) is 5. The van der Waals surface area contributed by atoms with E-state index in [1.54, 1.807) is 24.4 Å². The maximum Gasteiger partial charge on any atom is 0.416 e. The Morgan fingerprint density at radius 3 is 2.67 bits per heavy atom. The van der Waals surface area contributed by atoms with E-state index in [0.29, 0.717) is 11.5 Å². The standard InChI is InChI=1S/C15H9F3N4OS/c16-15(17,18)10-5-3-4-9(8-10)13(23)21-14-20-12(22-24-14)11-6-1-2-7-19-11/h1-8H,(H,20,21,22,23). The maximum absolute atomic E-state index is 12.7. The van der Waals surface area contributed by atoms with Crippen LogP contribution in [-0.4, -0.2) is 20.2 Å². The van der Waals surface area contributed by atoms with Crippen LogP contribution in [0.2, 0.25) is 0 Å². The van der Waals surface area contributed by atoms with Crippen LogP contribution in [-0.2, 0) is 6.18 Å². The van der Waals surface area contributed by atoms with Crippen molar-refractivity contribution in [3.63, 3.8) is 0 Å². The summed E-state index contributed by atoms with van der Waals surface area (Å²) in [6.07, 6.45) is -2.93. The molecule has 0 unspecified atom stereocenters. The Hall–Kier alpha value is -2.81. The summed E-state index contributed by atoms with van der Waals surface area (Å²) in [4.78, 5) is 20.3. The Morgan fingerprint density at radius 2 is 1.96 bits per heavy atom. The number of anilines is 1. The monoisotopic (exact) mass is 350 g/mol. The Labute approximate surface area is 138 Å². The average Bonchev–Trinajstić information content (AvgIpc) is 3.03. The molecular weight excluding hydrogens is 341 g/mol. The van der Waals surface area contributed by atoms with E-state index < -0.39 is 17.6 Å².